The number of hydrogen-bond acceptors (Lipinski definition) is 6. The highest BCUT2D eigenvalue weighted by molar-refractivity contribution is 5.86. The Labute approximate surface area is 191 Å². The van der Waals surface area contributed by atoms with Crippen LogP contribution in [-0.2, 0) is 32.8 Å². The molecule has 33 heavy (non-hydrogen) atoms. The summed E-state index contributed by atoms with van der Waals surface area (Å²) in [6.45, 7) is 4.69. The second-order valence-corrected chi connectivity index (χ2v) is 9.49. The minimum atomic E-state index is -0.472. The molecule has 0 aliphatic heterocycles. The smallest absolute Gasteiger partial charge is 0.332 e. The van der Waals surface area contributed by atoms with Crippen LogP contribution in [-0.4, -0.2) is 44.6 Å². The molecule has 10 heteroatoms. The highest BCUT2D eigenvalue weighted by atomic mass is 16.5. The van der Waals surface area contributed by atoms with Gasteiger partial charge in [0.1, 0.15) is 17.9 Å². The maximum Gasteiger partial charge on any atom is 0.332 e. The monoisotopic (exact) mass is 459 g/mol. The Morgan fingerprint density at radius 2 is 1.64 bits per heavy atom. The molecule has 3 aliphatic rings. The number of imidazole rings is 1. The number of H-pyrrole nitrogens is 1. The van der Waals surface area contributed by atoms with Gasteiger partial charge in [0.25, 0.3) is 5.56 Å². The van der Waals surface area contributed by atoms with Crippen LogP contribution in [0.3, 0.4) is 0 Å². The first-order chi connectivity index (χ1) is 15.8. The summed E-state index contributed by atoms with van der Waals surface area (Å²) in [5.74, 6) is 0.191. The summed E-state index contributed by atoms with van der Waals surface area (Å²) in [6, 6.07) is 0. The molecular formula is C23H33N5O5. The molecule has 3 fully saturated rings. The molecule has 0 spiro atoms. The van der Waals surface area contributed by atoms with Gasteiger partial charge in [0, 0.05) is 23.9 Å². The predicted octanol–water partition coefficient (Wildman–Crippen LogP) is 1.59. The molecule has 2 aromatic heterocycles. The summed E-state index contributed by atoms with van der Waals surface area (Å²) in [5.41, 5.74) is -0.512. The minimum absolute atomic E-state index is 0.0926. The Morgan fingerprint density at radius 1 is 1.03 bits per heavy atom. The van der Waals surface area contributed by atoms with Crippen LogP contribution in [0.5, 0.6) is 0 Å². The van der Waals surface area contributed by atoms with Gasteiger partial charge in [0.05, 0.1) is 7.11 Å². The third-order valence-electron chi connectivity index (χ3n) is 7.61. The summed E-state index contributed by atoms with van der Waals surface area (Å²) in [6.07, 6.45) is 5.82. The SMILES string of the molecule is CCCn1c(=O)c2[nH]c(C34CCC(C(=O)NCC(=O)OC)(CC3)CC4)nc2n(CCC)c1=O. The molecule has 2 aromatic rings. The van der Waals surface area contributed by atoms with Crippen molar-refractivity contribution in [3.63, 3.8) is 0 Å². The number of fused-ring (bicyclic) bond motifs is 4. The van der Waals surface area contributed by atoms with E-state index in [1.54, 1.807) is 4.57 Å². The molecule has 0 saturated heterocycles. The lowest BCUT2D eigenvalue weighted by molar-refractivity contribution is -0.145. The molecular weight excluding hydrogens is 426 g/mol. The van der Waals surface area contributed by atoms with E-state index in [0.717, 1.165) is 31.5 Å². The highest BCUT2D eigenvalue weighted by Crippen LogP contribution is 2.57. The Hall–Kier alpha value is -2.91. The minimum Gasteiger partial charge on any atom is -0.468 e. The number of amides is 1. The van der Waals surface area contributed by atoms with Crippen molar-refractivity contribution in [1.82, 2.24) is 24.4 Å². The van der Waals surface area contributed by atoms with Gasteiger partial charge in [-0.15, -0.1) is 0 Å². The largest absolute Gasteiger partial charge is 0.468 e. The zero-order valence-corrected chi connectivity index (χ0v) is 19.7. The first-order valence-electron chi connectivity index (χ1n) is 11.9. The van der Waals surface area contributed by atoms with E-state index in [-0.39, 0.29) is 29.1 Å². The van der Waals surface area contributed by atoms with E-state index >= 15 is 0 Å². The molecule has 3 saturated carbocycles. The Bertz CT molecular complexity index is 1170. The number of aryl methyl sites for hydroxylation is 1. The van der Waals surface area contributed by atoms with Gasteiger partial charge in [-0.25, -0.2) is 9.78 Å². The number of carbonyl (C=O) groups excluding carboxylic acids is 2. The fourth-order valence-electron chi connectivity index (χ4n) is 5.56. The molecule has 0 atom stereocenters. The van der Waals surface area contributed by atoms with Crippen LogP contribution in [0.15, 0.2) is 9.59 Å². The zero-order valence-electron chi connectivity index (χ0n) is 19.7. The molecule has 2 bridgehead atoms. The molecule has 10 nitrogen and oxygen atoms in total. The normalized spacial score (nSPS) is 24.2. The summed E-state index contributed by atoms with van der Waals surface area (Å²) >= 11 is 0. The van der Waals surface area contributed by atoms with Crippen molar-refractivity contribution in [2.45, 2.75) is 83.7 Å². The van der Waals surface area contributed by atoms with Gasteiger partial charge in [-0.1, -0.05) is 13.8 Å². The van der Waals surface area contributed by atoms with Gasteiger partial charge in [-0.2, -0.15) is 0 Å². The van der Waals surface area contributed by atoms with Crippen molar-refractivity contribution in [3.05, 3.63) is 26.7 Å². The number of esters is 1. The molecule has 0 radical (unpaired) electrons. The van der Waals surface area contributed by atoms with E-state index in [4.69, 9.17) is 4.98 Å². The molecule has 2 N–H and O–H groups in total. The van der Waals surface area contributed by atoms with Crippen LogP contribution < -0.4 is 16.6 Å². The number of rotatable bonds is 8. The number of aromatic amines is 1. The number of methoxy groups -OCH3 is 1. The van der Waals surface area contributed by atoms with E-state index in [2.05, 4.69) is 15.0 Å². The molecule has 0 aromatic carbocycles. The zero-order chi connectivity index (χ0) is 23.8. The van der Waals surface area contributed by atoms with E-state index in [9.17, 15) is 19.2 Å². The number of nitrogens with one attached hydrogen (secondary N) is 2. The van der Waals surface area contributed by atoms with Gasteiger partial charge in [-0.05, 0) is 51.4 Å². The van der Waals surface area contributed by atoms with E-state index in [0.29, 0.717) is 49.9 Å². The van der Waals surface area contributed by atoms with E-state index in [1.165, 1.54) is 11.7 Å². The summed E-state index contributed by atoms with van der Waals surface area (Å²) < 4.78 is 7.53. The number of ether oxygens (including phenoxy) is 1. The van der Waals surface area contributed by atoms with Gasteiger partial charge < -0.3 is 15.0 Å². The molecule has 180 valence electrons. The topological polar surface area (TPSA) is 128 Å². The van der Waals surface area contributed by atoms with Gasteiger partial charge in [-0.3, -0.25) is 23.5 Å². The lowest BCUT2D eigenvalue weighted by atomic mass is 9.53. The second-order valence-electron chi connectivity index (χ2n) is 9.49. The third-order valence-corrected chi connectivity index (χ3v) is 7.61. The van der Waals surface area contributed by atoms with Crippen LogP contribution in [0.2, 0.25) is 0 Å². The van der Waals surface area contributed by atoms with Crippen LogP contribution >= 0.6 is 0 Å². The van der Waals surface area contributed by atoms with E-state index in [1.807, 2.05) is 13.8 Å². The van der Waals surface area contributed by atoms with Gasteiger partial charge in [0.15, 0.2) is 5.65 Å². The maximum absolute atomic E-state index is 13.1. The van der Waals surface area contributed by atoms with Crippen LogP contribution in [0, 0.1) is 5.41 Å². The second kappa shape index (κ2) is 8.79. The average Bonchev–Trinajstić information content (AvgIpc) is 3.30. The Morgan fingerprint density at radius 3 is 2.21 bits per heavy atom. The molecule has 3 aliphatic carbocycles. The van der Waals surface area contributed by atoms with Crippen LogP contribution in [0.1, 0.15) is 71.0 Å². The predicted molar refractivity (Wildman–Crippen MR) is 122 cm³/mol. The van der Waals surface area contributed by atoms with Crippen LogP contribution in [0.4, 0.5) is 0 Å². The lowest BCUT2D eigenvalue weighted by Crippen LogP contribution is -2.52. The van der Waals surface area contributed by atoms with Crippen molar-refractivity contribution in [1.29, 1.82) is 0 Å². The average molecular weight is 460 g/mol. The van der Waals surface area contributed by atoms with Crippen molar-refractivity contribution < 1.29 is 14.3 Å². The van der Waals surface area contributed by atoms with Crippen molar-refractivity contribution in [3.8, 4) is 0 Å². The number of aromatic nitrogens is 4. The molecule has 5 rings (SSSR count). The molecule has 2 heterocycles. The van der Waals surface area contributed by atoms with E-state index < -0.39 is 11.4 Å². The lowest BCUT2D eigenvalue weighted by Gasteiger charge is -2.51. The quantitative estimate of drug-likeness (QED) is 0.577. The van der Waals surface area contributed by atoms with Crippen molar-refractivity contribution in [2.24, 2.45) is 5.41 Å². The van der Waals surface area contributed by atoms with Crippen molar-refractivity contribution in [2.75, 3.05) is 13.7 Å². The van der Waals surface area contributed by atoms with Gasteiger partial charge in [0.2, 0.25) is 5.91 Å². The molecule has 0 unspecified atom stereocenters. The third kappa shape index (κ3) is 3.79. The Balaban J connectivity index is 1.65. The highest BCUT2D eigenvalue weighted by Gasteiger charge is 2.54. The maximum atomic E-state index is 13.1. The van der Waals surface area contributed by atoms with Crippen molar-refractivity contribution >= 4 is 23.0 Å². The number of carbonyl (C=O) groups is 2. The summed E-state index contributed by atoms with van der Waals surface area (Å²) in [4.78, 5) is 58.4. The fourth-order valence-corrected chi connectivity index (χ4v) is 5.56. The number of hydrogen-bond donors (Lipinski definition) is 2. The molecule has 1 amide bonds. The standard InChI is InChI=1S/C23H33N5O5/c1-4-12-27-17-16(18(30)28(13-5-2)21(27)32)25-19(26-17)22-6-9-23(10-7-22,11-8-22)20(31)24-14-15(29)33-3/h4-14H2,1-3H3,(H,24,31)(H,25,26). The first-order valence-corrected chi connectivity index (χ1v) is 11.9. The first kappa shape index (κ1) is 23.3. The fraction of sp³-hybridized carbons (Fsp3) is 0.696. The van der Waals surface area contributed by atoms with Crippen LogP contribution in [0.25, 0.3) is 11.2 Å². The van der Waals surface area contributed by atoms with Gasteiger partial charge >= 0.3 is 11.7 Å². The summed E-state index contributed by atoms with van der Waals surface area (Å²) in [5, 5.41) is 2.73. The Kier molecular flexibility index (Phi) is 6.20. The summed E-state index contributed by atoms with van der Waals surface area (Å²) in [7, 11) is 1.30. The number of nitrogens with zero attached hydrogens (tertiary/aromatic N) is 3.